The number of nitrogen functional groups attached to an aromatic ring is 1. The number of anilines is 1. The molecule has 3 heteroatoms. The highest BCUT2D eigenvalue weighted by Crippen LogP contribution is 2.41. The maximum atomic E-state index is 5.70. The fourth-order valence-corrected chi connectivity index (χ4v) is 1.79. The molecular formula is C9H15N3. The molecule has 1 saturated carbocycles. The molecule has 1 aliphatic rings. The molecule has 1 aromatic heterocycles. The third kappa shape index (κ3) is 1.00. The minimum absolute atomic E-state index is 0.661. The number of aryl methyl sites for hydroxylation is 1. The average molecular weight is 165 g/mol. The summed E-state index contributed by atoms with van der Waals surface area (Å²) in [6, 6.07) is 2.00. The standard InChI is InChI=1S/C9H15N3/c1-6-3-4-7(6)8-5-9(10)12(2)11-8/h5-7H,3-4,10H2,1-2H3/t6-,7+/m1/s1. The SMILES string of the molecule is C[C@@H]1CC[C@@H]1c1cc(N)n(C)n1. The normalized spacial score (nSPS) is 28.5. The van der Waals surface area contributed by atoms with Crippen molar-refractivity contribution < 1.29 is 0 Å². The quantitative estimate of drug-likeness (QED) is 0.685. The van der Waals surface area contributed by atoms with Crippen LogP contribution in [0, 0.1) is 5.92 Å². The van der Waals surface area contributed by atoms with Crippen molar-refractivity contribution in [3.63, 3.8) is 0 Å². The van der Waals surface area contributed by atoms with Gasteiger partial charge in [-0.3, -0.25) is 4.68 Å². The van der Waals surface area contributed by atoms with E-state index < -0.39 is 0 Å². The van der Waals surface area contributed by atoms with E-state index in [9.17, 15) is 0 Å². The lowest BCUT2D eigenvalue weighted by Gasteiger charge is -2.32. The molecule has 2 atom stereocenters. The molecule has 0 saturated heterocycles. The van der Waals surface area contributed by atoms with Crippen LogP contribution in [-0.2, 0) is 7.05 Å². The zero-order chi connectivity index (χ0) is 8.72. The number of nitrogens with zero attached hydrogens (tertiary/aromatic N) is 2. The van der Waals surface area contributed by atoms with Gasteiger partial charge in [0.15, 0.2) is 0 Å². The van der Waals surface area contributed by atoms with Gasteiger partial charge in [0.25, 0.3) is 0 Å². The molecule has 1 aromatic rings. The van der Waals surface area contributed by atoms with E-state index in [1.165, 1.54) is 18.5 Å². The third-order valence-electron chi connectivity index (χ3n) is 2.93. The third-order valence-corrected chi connectivity index (χ3v) is 2.93. The summed E-state index contributed by atoms with van der Waals surface area (Å²) in [6.45, 7) is 2.28. The Bertz CT molecular complexity index is 270. The highest BCUT2D eigenvalue weighted by atomic mass is 15.3. The Balaban J connectivity index is 2.23. The first-order valence-electron chi connectivity index (χ1n) is 4.48. The highest BCUT2D eigenvalue weighted by Gasteiger charge is 2.30. The maximum absolute atomic E-state index is 5.70. The fourth-order valence-electron chi connectivity index (χ4n) is 1.79. The molecule has 12 heavy (non-hydrogen) atoms. The van der Waals surface area contributed by atoms with Crippen LogP contribution in [0.1, 0.15) is 31.4 Å². The zero-order valence-corrected chi connectivity index (χ0v) is 7.62. The van der Waals surface area contributed by atoms with Crippen LogP contribution in [0.5, 0.6) is 0 Å². The Hall–Kier alpha value is -0.990. The van der Waals surface area contributed by atoms with Crippen LogP contribution in [-0.4, -0.2) is 9.78 Å². The van der Waals surface area contributed by atoms with E-state index in [-0.39, 0.29) is 0 Å². The predicted octanol–water partition coefficient (Wildman–Crippen LogP) is 1.52. The van der Waals surface area contributed by atoms with Crippen LogP contribution in [0.4, 0.5) is 5.82 Å². The summed E-state index contributed by atoms with van der Waals surface area (Å²) in [7, 11) is 1.89. The minimum Gasteiger partial charge on any atom is -0.384 e. The first kappa shape index (κ1) is 7.65. The predicted molar refractivity (Wildman–Crippen MR) is 48.8 cm³/mol. The highest BCUT2D eigenvalue weighted by molar-refractivity contribution is 5.32. The molecule has 2 rings (SSSR count). The molecular weight excluding hydrogens is 150 g/mol. The van der Waals surface area contributed by atoms with E-state index >= 15 is 0 Å². The summed E-state index contributed by atoms with van der Waals surface area (Å²) in [5, 5.41) is 4.37. The molecule has 0 aliphatic heterocycles. The molecule has 0 amide bonds. The molecule has 0 radical (unpaired) electrons. The summed E-state index contributed by atoms with van der Waals surface area (Å²) in [5.74, 6) is 2.22. The lowest BCUT2D eigenvalue weighted by Crippen LogP contribution is -2.21. The smallest absolute Gasteiger partial charge is 0.121 e. The number of aromatic nitrogens is 2. The minimum atomic E-state index is 0.661. The summed E-state index contributed by atoms with van der Waals surface area (Å²) < 4.78 is 1.75. The second-order valence-corrected chi connectivity index (χ2v) is 3.78. The van der Waals surface area contributed by atoms with Gasteiger partial charge in [0.2, 0.25) is 0 Å². The van der Waals surface area contributed by atoms with Gasteiger partial charge in [0.05, 0.1) is 5.69 Å². The van der Waals surface area contributed by atoms with E-state index in [1.54, 1.807) is 4.68 Å². The Morgan fingerprint density at radius 3 is 2.67 bits per heavy atom. The molecule has 1 fully saturated rings. The Morgan fingerprint density at radius 1 is 1.58 bits per heavy atom. The second-order valence-electron chi connectivity index (χ2n) is 3.78. The molecule has 66 valence electrons. The maximum Gasteiger partial charge on any atom is 0.121 e. The van der Waals surface area contributed by atoms with Crippen LogP contribution in [0.15, 0.2) is 6.07 Å². The lowest BCUT2D eigenvalue weighted by atomic mass is 9.73. The van der Waals surface area contributed by atoms with Gasteiger partial charge in [-0.2, -0.15) is 5.10 Å². The van der Waals surface area contributed by atoms with Crippen LogP contribution < -0.4 is 5.73 Å². The topological polar surface area (TPSA) is 43.8 Å². The molecule has 0 spiro atoms. The number of rotatable bonds is 1. The number of nitrogens with two attached hydrogens (primary N) is 1. The van der Waals surface area contributed by atoms with Gasteiger partial charge in [-0.25, -0.2) is 0 Å². The molecule has 1 heterocycles. The van der Waals surface area contributed by atoms with Crippen molar-refractivity contribution in [1.29, 1.82) is 0 Å². The van der Waals surface area contributed by atoms with Gasteiger partial charge in [-0.05, 0) is 18.8 Å². The van der Waals surface area contributed by atoms with E-state index in [2.05, 4.69) is 12.0 Å². The van der Waals surface area contributed by atoms with Gasteiger partial charge in [-0.15, -0.1) is 0 Å². The van der Waals surface area contributed by atoms with E-state index in [1.807, 2.05) is 13.1 Å². The van der Waals surface area contributed by atoms with Gasteiger partial charge < -0.3 is 5.73 Å². The summed E-state index contributed by atoms with van der Waals surface area (Å²) in [6.07, 6.45) is 2.61. The molecule has 0 aromatic carbocycles. The molecule has 0 unspecified atom stereocenters. The Kier molecular flexibility index (Phi) is 1.60. The lowest BCUT2D eigenvalue weighted by molar-refractivity contribution is 0.273. The Labute approximate surface area is 72.6 Å². The monoisotopic (exact) mass is 165 g/mol. The molecule has 0 bridgehead atoms. The van der Waals surface area contributed by atoms with Gasteiger partial charge in [0, 0.05) is 19.0 Å². The van der Waals surface area contributed by atoms with Gasteiger partial charge >= 0.3 is 0 Å². The van der Waals surface area contributed by atoms with Crippen molar-refractivity contribution in [1.82, 2.24) is 9.78 Å². The largest absolute Gasteiger partial charge is 0.384 e. The number of hydrogen-bond donors (Lipinski definition) is 1. The van der Waals surface area contributed by atoms with Crippen molar-refractivity contribution in [3.8, 4) is 0 Å². The first-order chi connectivity index (χ1) is 5.68. The van der Waals surface area contributed by atoms with Crippen molar-refractivity contribution in [2.45, 2.75) is 25.7 Å². The van der Waals surface area contributed by atoms with E-state index in [0.29, 0.717) is 5.92 Å². The Morgan fingerprint density at radius 2 is 2.33 bits per heavy atom. The van der Waals surface area contributed by atoms with Crippen LogP contribution in [0.3, 0.4) is 0 Å². The van der Waals surface area contributed by atoms with Crippen LogP contribution in [0.25, 0.3) is 0 Å². The van der Waals surface area contributed by atoms with Crippen molar-refractivity contribution in [3.05, 3.63) is 11.8 Å². The molecule has 1 aliphatic carbocycles. The van der Waals surface area contributed by atoms with Crippen LogP contribution >= 0.6 is 0 Å². The van der Waals surface area contributed by atoms with Crippen LogP contribution in [0.2, 0.25) is 0 Å². The summed E-state index contributed by atoms with van der Waals surface area (Å²) >= 11 is 0. The second kappa shape index (κ2) is 2.51. The number of hydrogen-bond acceptors (Lipinski definition) is 2. The molecule has 2 N–H and O–H groups in total. The molecule has 3 nitrogen and oxygen atoms in total. The zero-order valence-electron chi connectivity index (χ0n) is 7.62. The van der Waals surface area contributed by atoms with Crippen molar-refractivity contribution >= 4 is 5.82 Å². The van der Waals surface area contributed by atoms with E-state index in [0.717, 1.165) is 11.7 Å². The van der Waals surface area contributed by atoms with Gasteiger partial charge in [-0.1, -0.05) is 6.92 Å². The summed E-state index contributed by atoms with van der Waals surface area (Å²) in [5.41, 5.74) is 6.88. The fraction of sp³-hybridized carbons (Fsp3) is 0.667. The van der Waals surface area contributed by atoms with Crippen molar-refractivity contribution in [2.75, 3.05) is 5.73 Å². The summed E-state index contributed by atoms with van der Waals surface area (Å²) in [4.78, 5) is 0. The average Bonchev–Trinajstić information content (AvgIpc) is 2.29. The first-order valence-corrected chi connectivity index (χ1v) is 4.48. The van der Waals surface area contributed by atoms with Crippen molar-refractivity contribution in [2.24, 2.45) is 13.0 Å². The van der Waals surface area contributed by atoms with Gasteiger partial charge in [0.1, 0.15) is 5.82 Å². The van der Waals surface area contributed by atoms with E-state index in [4.69, 9.17) is 5.73 Å².